The monoisotopic (exact) mass is 329 g/mol. The Hall–Kier alpha value is -2.50. The van der Waals surface area contributed by atoms with E-state index in [4.69, 9.17) is 4.42 Å². The first-order chi connectivity index (χ1) is 11.5. The van der Waals surface area contributed by atoms with Gasteiger partial charge in [-0.05, 0) is 32.4 Å². The molecule has 2 heterocycles. The number of benzene rings is 1. The summed E-state index contributed by atoms with van der Waals surface area (Å²) in [7, 11) is 0. The topological polar surface area (TPSA) is 69.8 Å². The van der Waals surface area contributed by atoms with Crippen molar-refractivity contribution in [3.05, 3.63) is 35.4 Å². The largest absolute Gasteiger partial charge is 0.507 e. The predicted molar refractivity (Wildman–Crippen MR) is 91.8 cm³/mol. The Bertz CT molecular complexity index is 786. The lowest BCUT2D eigenvalue weighted by atomic mass is 10.1. The molecule has 128 valence electrons. The van der Waals surface area contributed by atoms with Crippen LogP contribution in [0.4, 0.5) is 0 Å². The molecule has 0 aliphatic carbocycles. The number of aromatic nitrogens is 1. The van der Waals surface area contributed by atoms with Gasteiger partial charge in [0.1, 0.15) is 16.8 Å². The third kappa shape index (κ3) is 2.84. The van der Waals surface area contributed by atoms with Crippen molar-refractivity contribution in [1.82, 2.24) is 14.8 Å². The first-order valence-corrected chi connectivity index (χ1v) is 8.28. The molecule has 0 bridgehead atoms. The molecule has 24 heavy (non-hydrogen) atoms. The molecule has 6 heteroatoms. The van der Waals surface area contributed by atoms with Crippen molar-refractivity contribution >= 4 is 17.0 Å². The third-order valence-corrected chi connectivity index (χ3v) is 4.88. The number of carbonyl (C=O) groups excluding carboxylic acids is 1. The lowest BCUT2D eigenvalue weighted by Crippen LogP contribution is -2.48. The zero-order valence-electron chi connectivity index (χ0n) is 14.4. The second-order valence-corrected chi connectivity index (χ2v) is 6.16. The first-order valence-electron chi connectivity index (χ1n) is 8.28. The molecule has 1 fully saturated rings. The molecular formula is C18H23N3O3. The fraction of sp³-hybridized carbons (Fsp3) is 0.444. The minimum absolute atomic E-state index is 0.0652. The van der Waals surface area contributed by atoms with Crippen LogP contribution in [-0.2, 0) is 0 Å². The van der Waals surface area contributed by atoms with E-state index in [2.05, 4.69) is 30.7 Å². The summed E-state index contributed by atoms with van der Waals surface area (Å²) in [6, 6.07) is 3.14. The third-order valence-electron chi connectivity index (χ3n) is 4.88. The highest BCUT2D eigenvalue weighted by molar-refractivity contribution is 6.06. The Morgan fingerprint density at radius 2 is 1.88 bits per heavy atom. The van der Waals surface area contributed by atoms with Crippen molar-refractivity contribution in [3.63, 3.8) is 0 Å². The van der Waals surface area contributed by atoms with Crippen LogP contribution in [0.15, 0.2) is 34.2 Å². The molecule has 0 atom stereocenters. The number of phenolic OH excluding ortho intramolecular Hbond substituents is 1. The number of fused-ring (bicyclic) bond motifs is 1. The van der Waals surface area contributed by atoms with E-state index in [1.807, 2.05) is 0 Å². The quantitative estimate of drug-likeness (QED) is 0.937. The molecule has 1 amide bonds. The van der Waals surface area contributed by atoms with Gasteiger partial charge in [0.25, 0.3) is 5.91 Å². The van der Waals surface area contributed by atoms with Crippen LogP contribution in [0.25, 0.3) is 11.1 Å². The number of phenols is 1. The number of carbonyl (C=O) groups is 1. The average Bonchev–Trinajstić information content (AvgIpc) is 3.08. The smallest absolute Gasteiger partial charge is 0.261 e. The van der Waals surface area contributed by atoms with Crippen molar-refractivity contribution in [2.75, 3.05) is 26.2 Å². The fourth-order valence-electron chi connectivity index (χ4n) is 3.05. The average molecular weight is 329 g/mol. The van der Waals surface area contributed by atoms with Gasteiger partial charge in [0, 0.05) is 31.9 Å². The van der Waals surface area contributed by atoms with Crippen molar-refractivity contribution in [1.29, 1.82) is 0 Å². The number of nitrogens with zero attached hydrogens (tertiary/aromatic N) is 3. The Labute approximate surface area is 141 Å². The summed E-state index contributed by atoms with van der Waals surface area (Å²) in [6.45, 7) is 9.27. The number of piperazine rings is 1. The highest BCUT2D eigenvalue weighted by atomic mass is 16.3. The molecule has 1 aromatic heterocycles. The minimum atomic E-state index is -0.205. The van der Waals surface area contributed by atoms with Crippen LogP contribution in [0.1, 0.15) is 37.6 Å². The maximum absolute atomic E-state index is 12.8. The van der Waals surface area contributed by atoms with Crippen LogP contribution in [-0.4, -0.2) is 52.0 Å². The van der Waals surface area contributed by atoms with Crippen LogP contribution in [0.5, 0.6) is 5.75 Å². The van der Waals surface area contributed by atoms with E-state index in [1.165, 1.54) is 23.7 Å². The number of rotatable bonds is 3. The van der Waals surface area contributed by atoms with Gasteiger partial charge in [-0.15, -0.1) is 0 Å². The Morgan fingerprint density at radius 3 is 2.54 bits per heavy atom. The van der Waals surface area contributed by atoms with Crippen LogP contribution in [0.2, 0.25) is 0 Å². The second kappa shape index (κ2) is 6.55. The standard InChI is InChI=1S/C18H23N3O3/c1-4-12(2)13(3)20-7-9-21(10-8-20)18(23)16-15(22)6-5-14-17(16)24-11-19-14/h5-6,11,22H,4,7-10H2,1-3H3/b13-12-. The molecule has 0 saturated carbocycles. The maximum atomic E-state index is 12.8. The van der Waals surface area contributed by atoms with Crippen molar-refractivity contribution in [2.45, 2.75) is 27.2 Å². The maximum Gasteiger partial charge on any atom is 0.261 e. The second-order valence-electron chi connectivity index (χ2n) is 6.16. The van der Waals surface area contributed by atoms with Crippen molar-refractivity contribution in [3.8, 4) is 5.75 Å². The summed E-state index contributed by atoms with van der Waals surface area (Å²) < 4.78 is 5.31. The van der Waals surface area contributed by atoms with E-state index in [0.29, 0.717) is 24.2 Å². The van der Waals surface area contributed by atoms with Crippen molar-refractivity contribution in [2.24, 2.45) is 0 Å². The predicted octanol–water partition coefficient (Wildman–Crippen LogP) is 3.00. The number of oxazole rings is 1. The van der Waals surface area contributed by atoms with E-state index in [1.54, 1.807) is 11.0 Å². The Kier molecular flexibility index (Phi) is 4.46. The summed E-state index contributed by atoms with van der Waals surface area (Å²) in [6.07, 6.45) is 2.33. The van der Waals surface area contributed by atoms with Crippen LogP contribution in [0.3, 0.4) is 0 Å². The Morgan fingerprint density at radius 1 is 1.21 bits per heavy atom. The van der Waals surface area contributed by atoms with Gasteiger partial charge < -0.3 is 19.3 Å². The highest BCUT2D eigenvalue weighted by Gasteiger charge is 2.27. The number of allylic oxidation sites excluding steroid dienone is 2. The molecule has 1 N–H and O–H groups in total. The summed E-state index contributed by atoms with van der Waals surface area (Å²) in [5.41, 5.74) is 3.80. The summed E-state index contributed by atoms with van der Waals surface area (Å²) in [5.74, 6) is -0.270. The van der Waals surface area contributed by atoms with E-state index in [0.717, 1.165) is 19.5 Å². The van der Waals surface area contributed by atoms with Crippen molar-refractivity contribution < 1.29 is 14.3 Å². The minimum Gasteiger partial charge on any atom is -0.507 e. The van der Waals surface area contributed by atoms with E-state index in [-0.39, 0.29) is 17.2 Å². The Balaban J connectivity index is 1.78. The summed E-state index contributed by atoms with van der Waals surface area (Å²) in [5, 5.41) is 10.1. The molecule has 0 spiro atoms. The van der Waals surface area contributed by atoms with Crippen LogP contribution >= 0.6 is 0 Å². The molecule has 1 aliphatic heterocycles. The number of aromatic hydroxyl groups is 1. The van der Waals surface area contributed by atoms with E-state index >= 15 is 0 Å². The first kappa shape index (κ1) is 16.4. The molecule has 2 aromatic rings. The lowest BCUT2D eigenvalue weighted by Gasteiger charge is -2.37. The molecule has 1 aliphatic rings. The SMILES string of the molecule is CC/C(C)=C(/C)N1CCN(C(=O)c2c(O)ccc3ncoc23)CC1. The molecule has 1 saturated heterocycles. The summed E-state index contributed by atoms with van der Waals surface area (Å²) >= 11 is 0. The molecule has 6 nitrogen and oxygen atoms in total. The highest BCUT2D eigenvalue weighted by Crippen LogP contribution is 2.28. The van der Waals surface area contributed by atoms with Gasteiger partial charge in [-0.2, -0.15) is 0 Å². The zero-order chi connectivity index (χ0) is 17.3. The van der Waals surface area contributed by atoms with Gasteiger partial charge in [-0.3, -0.25) is 4.79 Å². The van der Waals surface area contributed by atoms with Gasteiger partial charge in [0.05, 0.1) is 0 Å². The molecule has 0 unspecified atom stereocenters. The molecule has 3 rings (SSSR count). The lowest BCUT2D eigenvalue weighted by molar-refractivity contribution is 0.0666. The van der Waals surface area contributed by atoms with Gasteiger partial charge in [-0.25, -0.2) is 4.98 Å². The zero-order valence-corrected chi connectivity index (χ0v) is 14.4. The van der Waals surface area contributed by atoms with Crippen LogP contribution in [0, 0.1) is 0 Å². The summed E-state index contributed by atoms with van der Waals surface area (Å²) in [4.78, 5) is 21.0. The molecule has 1 aromatic carbocycles. The van der Waals surface area contributed by atoms with E-state index in [9.17, 15) is 9.90 Å². The molecular weight excluding hydrogens is 306 g/mol. The van der Waals surface area contributed by atoms with Crippen LogP contribution < -0.4 is 0 Å². The fourth-order valence-corrected chi connectivity index (χ4v) is 3.05. The number of amides is 1. The van der Waals surface area contributed by atoms with E-state index < -0.39 is 0 Å². The van der Waals surface area contributed by atoms with Gasteiger partial charge in [0.15, 0.2) is 12.0 Å². The van der Waals surface area contributed by atoms with Gasteiger partial charge in [0.2, 0.25) is 0 Å². The normalized spacial score (nSPS) is 16.5. The number of hydrogen-bond acceptors (Lipinski definition) is 5. The number of hydrogen-bond donors (Lipinski definition) is 1. The van der Waals surface area contributed by atoms with Gasteiger partial charge >= 0.3 is 0 Å². The molecule has 0 radical (unpaired) electrons. The van der Waals surface area contributed by atoms with Gasteiger partial charge in [-0.1, -0.05) is 12.5 Å².